The lowest BCUT2D eigenvalue weighted by atomic mass is 10.1. The fourth-order valence-electron chi connectivity index (χ4n) is 1.34. The van der Waals surface area contributed by atoms with E-state index in [1.807, 2.05) is 0 Å². The van der Waals surface area contributed by atoms with Gasteiger partial charge in [-0.3, -0.25) is 4.79 Å². The highest BCUT2D eigenvalue weighted by Gasteiger charge is 2.03. The molecule has 3 N–H and O–H groups in total. The Balaban J connectivity index is 2.19. The Hall–Kier alpha value is -1.46. The van der Waals surface area contributed by atoms with E-state index in [1.54, 1.807) is 18.2 Å². The summed E-state index contributed by atoms with van der Waals surface area (Å²) in [5.74, 6) is -0.462. The van der Waals surface area contributed by atoms with E-state index >= 15 is 0 Å². The summed E-state index contributed by atoms with van der Waals surface area (Å²) < 4.78 is 18.2. The zero-order valence-electron chi connectivity index (χ0n) is 9.62. The maximum Gasteiger partial charge on any atom is 0.246 e. The van der Waals surface area contributed by atoms with Gasteiger partial charge in [-0.05, 0) is 18.1 Å². The Kier molecular flexibility index (Phi) is 6.21. The molecule has 1 amide bonds. The van der Waals surface area contributed by atoms with Gasteiger partial charge in [-0.25, -0.2) is 4.39 Å². The highest BCUT2D eigenvalue weighted by molar-refractivity contribution is 5.77. The zero-order chi connectivity index (χ0) is 12.5. The molecule has 1 rings (SSSR count). The van der Waals surface area contributed by atoms with Gasteiger partial charge in [-0.2, -0.15) is 0 Å². The van der Waals surface area contributed by atoms with Crippen molar-refractivity contribution in [2.45, 2.75) is 6.42 Å². The molecule has 0 aliphatic heterocycles. The number of nitrogens with two attached hydrogens (primary N) is 1. The molecule has 0 aliphatic rings. The maximum atomic E-state index is 13.2. The minimum Gasteiger partial charge on any atom is -0.370 e. The molecule has 5 heteroatoms. The molecule has 0 radical (unpaired) electrons. The number of amides is 1. The first-order valence-electron chi connectivity index (χ1n) is 5.52. The second-order valence-electron chi connectivity index (χ2n) is 3.53. The molecule has 0 fully saturated rings. The van der Waals surface area contributed by atoms with Gasteiger partial charge in [0.1, 0.15) is 12.4 Å². The zero-order valence-corrected chi connectivity index (χ0v) is 9.62. The number of benzene rings is 1. The summed E-state index contributed by atoms with van der Waals surface area (Å²) in [5, 5.41) is 2.65. The quantitative estimate of drug-likeness (QED) is 0.680. The van der Waals surface area contributed by atoms with Crippen LogP contribution in [-0.2, 0) is 16.0 Å². The van der Waals surface area contributed by atoms with E-state index in [4.69, 9.17) is 10.5 Å². The van der Waals surface area contributed by atoms with Crippen LogP contribution >= 0.6 is 0 Å². The van der Waals surface area contributed by atoms with Crippen LogP contribution in [0.25, 0.3) is 0 Å². The summed E-state index contributed by atoms with van der Waals surface area (Å²) in [6.45, 7) is 1.14. The van der Waals surface area contributed by atoms with Crippen LogP contribution in [0.3, 0.4) is 0 Å². The molecule has 0 aromatic heterocycles. The molecule has 0 saturated heterocycles. The molecule has 0 spiro atoms. The summed E-state index contributed by atoms with van der Waals surface area (Å²) in [5.41, 5.74) is 5.80. The fourth-order valence-corrected chi connectivity index (χ4v) is 1.34. The van der Waals surface area contributed by atoms with Crippen LogP contribution in [0.2, 0.25) is 0 Å². The lowest BCUT2D eigenvalue weighted by Gasteiger charge is -2.06. The number of rotatable bonds is 7. The molecular weight excluding hydrogens is 223 g/mol. The highest BCUT2D eigenvalue weighted by atomic mass is 19.1. The molecule has 0 saturated carbocycles. The lowest BCUT2D eigenvalue weighted by molar-refractivity contribution is -0.125. The van der Waals surface area contributed by atoms with Crippen molar-refractivity contribution < 1.29 is 13.9 Å². The summed E-state index contributed by atoms with van der Waals surface area (Å²) in [6, 6.07) is 6.51. The highest BCUT2D eigenvalue weighted by Crippen LogP contribution is 2.05. The van der Waals surface area contributed by atoms with Gasteiger partial charge in [0.15, 0.2) is 0 Å². The number of carbonyl (C=O) groups is 1. The number of hydrogen-bond donors (Lipinski definition) is 2. The summed E-state index contributed by atoms with van der Waals surface area (Å²) in [4.78, 5) is 11.2. The Morgan fingerprint density at radius 2 is 2.18 bits per heavy atom. The average Bonchev–Trinajstić information content (AvgIpc) is 2.32. The summed E-state index contributed by atoms with van der Waals surface area (Å²) >= 11 is 0. The monoisotopic (exact) mass is 240 g/mol. The standard InChI is InChI=1S/C12H17FN2O2/c13-11-4-2-1-3-10(11)5-7-15-12(16)9-17-8-6-14/h1-4H,5-9,14H2,(H,15,16). The van der Waals surface area contributed by atoms with Crippen molar-refractivity contribution in [2.75, 3.05) is 26.3 Å². The van der Waals surface area contributed by atoms with Crippen molar-refractivity contribution in [1.82, 2.24) is 5.32 Å². The van der Waals surface area contributed by atoms with Crippen molar-refractivity contribution in [1.29, 1.82) is 0 Å². The van der Waals surface area contributed by atoms with Gasteiger partial charge < -0.3 is 15.8 Å². The van der Waals surface area contributed by atoms with E-state index in [-0.39, 0.29) is 18.3 Å². The van der Waals surface area contributed by atoms with Crippen molar-refractivity contribution in [3.05, 3.63) is 35.6 Å². The van der Waals surface area contributed by atoms with Crippen LogP contribution in [0.4, 0.5) is 4.39 Å². The van der Waals surface area contributed by atoms with Gasteiger partial charge in [0.25, 0.3) is 0 Å². The summed E-state index contributed by atoms with van der Waals surface area (Å²) in [7, 11) is 0. The van der Waals surface area contributed by atoms with E-state index in [0.717, 1.165) is 0 Å². The molecule has 0 atom stereocenters. The lowest BCUT2D eigenvalue weighted by Crippen LogP contribution is -2.30. The summed E-state index contributed by atoms with van der Waals surface area (Å²) in [6.07, 6.45) is 0.468. The third-order valence-corrected chi connectivity index (χ3v) is 2.17. The number of hydrogen-bond acceptors (Lipinski definition) is 3. The Labute approximate surface area is 100.0 Å². The van der Waals surface area contributed by atoms with Gasteiger partial charge in [0.2, 0.25) is 5.91 Å². The van der Waals surface area contributed by atoms with Crippen molar-refractivity contribution in [2.24, 2.45) is 5.73 Å². The predicted octanol–water partition coefficient (Wildman–Crippen LogP) is 0.460. The minimum atomic E-state index is -0.249. The van der Waals surface area contributed by atoms with E-state index in [0.29, 0.717) is 31.7 Å². The van der Waals surface area contributed by atoms with Gasteiger partial charge in [-0.1, -0.05) is 18.2 Å². The van der Waals surface area contributed by atoms with Crippen LogP contribution in [-0.4, -0.2) is 32.2 Å². The molecule has 0 bridgehead atoms. The smallest absolute Gasteiger partial charge is 0.246 e. The van der Waals surface area contributed by atoms with E-state index in [1.165, 1.54) is 6.07 Å². The molecule has 17 heavy (non-hydrogen) atoms. The largest absolute Gasteiger partial charge is 0.370 e. The van der Waals surface area contributed by atoms with Crippen LogP contribution in [0.5, 0.6) is 0 Å². The first-order chi connectivity index (χ1) is 8.24. The SMILES string of the molecule is NCCOCC(=O)NCCc1ccccc1F. The molecule has 0 heterocycles. The average molecular weight is 240 g/mol. The molecule has 94 valence electrons. The van der Waals surface area contributed by atoms with Gasteiger partial charge in [0.05, 0.1) is 6.61 Å². The minimum absolute atomic E-state index is 0.00548. The van der Waals surface area contributed by atoms with Gasteiger partial charge in [0, 0.05) is 13.1 Å². The molecule has 4 nitrogen and oxygen atoms in total. The first kappa shape index (κ1) is 13.6. The van der Waals surface area contributed by atoms with E-state index < -0.39 is 0 Å². The molecule has 0 unspecified atom stereocenters. The number of carbonyl (C=O) groups excluding carboxylic acids is 1. The second-order valence-corrected chi connectivity index (χ2v) is 3.53. The Bertz CT molecular complexity index is 358. The van der Waals surface area contributed by atoms with Crippen molar-refractivity contribution in [3.8, 4) is 0 Å². The van der Waals surface area contributed by atoms with Crippen LogP contribution in [0.1, 0.15) is 5.56 Å². The second kappa shape index (κ2) is 7.76. The molecule has 1 aromatic rings. The maximum absolute atomic E-state index is 13.2. The predicted molar refractivity (Wildman–Crippen MR) is 63.0 cm³/mol. The van der Waals surface area contributed by atoms with E-state index in [2.05, 4.69) is 5.32 Å². The number of nitrogens with one attached hydrogen (secondary N) is 1. The van der Waals surface area contributed by atoms with Crippen LogP contribution < -0.4 is 11.1 Å². The van der Waals surface area contributed by atoms with Gasteiger partial charge >= 0.3 is 0 Å². The number of ether oxygens (including phenoxy) is 1. The van der Waals surface area contributed by atoms with Crippen molar-refractivity contribution in [3.63, 3.8) is 0 Å². The van der Waals surface area contributed by atoms with Crippen LogP contribution in [0.15, 0.2) is 24.3 Å². The topological polar surface area (TPSA) is 64.3 Å². The molecule has 0 aliphatic carbocycles. The third-order valence-electron chi connectivity index (χ3n) is 2.17. The van der Waals surface area contributed by atoms with Crippen LogP contribution in [0, 0.1) is 5.82 Å². The Morgan fingerprint density at radius 1 is 1.41 bits per heavy atom. The first-order valence-corrected chi connectivity index (χ1v) is 5.52. The fraction of sp³-hybridized carbons (Fsp3) is 0.417. The third kappa shape index (κ3) is 5.42. The van der Waals surface area contributed by atoms with E-state index in [9.17, 15) is 9.18 Å². The normalized spacial score (nSPS) is 10.2. The number of halogens is 1. The molecule has 1 aromatic carbocycles. The van der Waals surface area contributed by atoms with Gasteiger partial charge in [-0.15, -0.1) is 0 Å². The van der Waals surface area contributed by atoms with Crippen molar-refractivity contribution >= 4 is 5.91 Å². The molecular formula is C12H17FN2O2. The Morgan fingerprint density at radius 3 is 2.88 bits per heavy atom.